The lowest BCUT2D eigenvalue weighted by molar-refractivity contribution is -0.117. The predicted octanol–water partition coefficient (Wildman–Crippen LogP) is 2.31. The highest BCUT2D eigenvalue weighted by Crippen LogP contribution is 2.25. The van der Waals surface area contributed by atoms with E-state index in [-0.39, 0.29) is 31.9 Å². The van der Waals surface area contributed by atoms with Gasteiger partial charge < -0.3 is 19.9 Å². The van der Waals surface area contributed by atoms with Gasteiger partial charge in [-0.05, 0) is 37.0 Å². The highest BCUT2D eigenvalue weighted by Gasteiger charge is 2.21. The van der Waals surface area contributed by atoms with Gasteiger partial charge in [-0.1, -0.05) is 30.3 Å². The Hall–Kier alpha value is -2.61. The normalized spacial score (nSPS) is 27.2. The number of methoxy groups -OCH3 is 1. The van der Waals surface area contributed by atoms with Crippen molar-refractivity contribution in [1.82, 2.24) is 9.80 Å². The third kappa shape index (κ3) is 6.69. The number of rotatable bonds is 9. The van der Waals surface area contributed by atoms with Gasteiger partial charge in [0.2, 0.25) is 5.91 Å². The van der Waals surface area contributed by atoms with Crippen LogP contribution in [0, 0.1) is 13.7 Å². The van der Waals surface area contributed by atoms with E-state index in [0.29, 0.717) is 0 Å². The first kappa shape index (κ1) is 9.48. The number of hydrogen-bond acceptors (Lipinski definition) is 6. The Balaban J connectivity index is 1.78. The number of benzene rings is 2. The molecule has 1 saturated heterocycles. The molecule has 0 bridgehead atoms. The topological polar surface area (TPSA) is 74.3 Å². The van der Waals surface area contributed by atoms with Gasteiger partial charge in [0.1, 0.15) is 12.6 Å². The molecule has 2 N–H and O–H groups in total. The highest BCUT2D eigenvalue weighted by atomic mass is 16.5. The number of hydrogen-bond donors (Lipinski definition) is 2. The molecule has 2 aromatic rings. The zero-order chi connectivity index (χ0) is 36.8. The van der Waals surface area contributed by atoms with Crippen LogP contribution in [0.2, 0.25) is 0 Å². The molecule has 2 aromatic carbocycles. The number of anilines is 1. The molecule has 1 aliphatic rings. The van der Waals surface area contributed by atoms with Crippen molar-refractivity contribution >= 4 is 11.6 Å². The van der Waals surface area contributed by atoms with Crippen molar-refractivity contribution in [3.63, 3.8) is 0 Å². The molecule has 1 amide bonds. The van der Waals surface area contributed by atoms with E-state index in [1.807, 2.05) is 5.32 Å². The van der Waals surface area contributed by atoms with Crippen molar-refractivity contribution in [3.05, 3.63) is 53.5 Å². The van der Waals surface area contributed by atoms with Crippen molar-refractivity contribution in [2.45, 2.75) is 19.8 Å². The first-order chi connectivity index (χ1) is 21.6. The van der Waals surface area contributed by atoms with E-state index in [9.17, 15) is 9.90 Å². The van der Waals surface area contributed by atoms with Crippen molar-refractivity contribution < 1.29 is 42.7 Å². The van der Waals surface area contributed by atoms with Crippen LogP contribution >= 0.6 is 0 Å². The molecule has 0 radical (unpaired) electrons. The van der Waals surface area contributed by atoms with Crippen LogP contribution < -0.4 is 14.8 Å². The maximum atomic E-state index is 13.3. The van der Waals surface area contributed by atoms with Gasteiger partial charge in [-0.15, -0.1) is 0 Å². The Morgan fingerprint density at radius 2 is 1.90 bits per heavy atom. The fourth-order valence-electron chi connectivity index (χ4n) is 2.81. The standard InChI is InChI=1S/C24H33N3O4/c1-18-7-6-8-19(2)24(18)25-23(29)16-27-13-11-26(12-14-27)15-20(28)17-31-22-10-5-4-9-21(22)30-3/h4-10,20,28H,11-17H2,1-3H3,(H,25,29)/i1D3,2D3,3D3,6D,7D,8D,16D2,17D2,20D. The molecule has 1 fully saturated rings. The van der Waals surface area contributed by atoms with Crippen LogP contribution in [-0.4, -0.2) is 79.7 Å². The third-order valence-corrected chi connectivity index (χ3v) is 4.36. The minimum atomic E-state index is -3.23. The van der Waals surface area contributed by atoms with Crippen molar-refractivity contribution in [3.8, 4) is 11.5 Å². The van der Waals surface area contributed by atoms with E-state index in [0.717, 1.165) is 4.90 Å². The summed E-state index contributed by atoms with van der Waals surface area (Å²) in [4.78, 5) is 15.6. The van der Waals surface area contributed by atoms with Gasteiger partial charge in [0.05, 0.1) is 28.6 Å². The fourth-order valence-corrected chi connectivity index (χ4v) is 2.81. The van der Waals surface area contributed by atoms with E-state index in [4.69, 9.17) is 32.8 Å². The fraction of sp³-hybridized carbons (Fsp3) is 0.458. The maximum Gasteiger partial charge on any atom is 0.238 e. The Morgan fingerprint density at radius 1 is 1.23 bits per heavy atom. The lowest BCUT2D eigenvalue weighted by Crippen LogP contribution is -2.50. The van der Waals surface area contributed by atoms with Crippen molar-refractivity contribution in [2.75, 3.05) is 58.1 Å². The molecule has 3 rings (SSSR count). The lowest BCUT2D eigenvalue weighted by atomic mass is 10.1. The molecular weight excluding hydrogens is 394 g/mol. The smallest absolute Gasteiger partial charge is 0.238 e. The summed E-state index contributed by atoms with van der Waals surface area (Å²) in [6, 6.07) is 2.11. The van der Waals surface area contributed by atoms with Crippen molar-refractivity contribution in [1.29, 1.82) is 0 Å². The number of aliphatic hydroxyl groups is 1. The van der Waals surface area contributed by atoms with Crippen LogP contribution in [0.15, 0.2) is 42.4 Å². The summed E-state index contributed by atoms with van der Waals surface area (Å²) < 4.78 is 144. The molecule has 7 heteroatoms. The van der Waals surface area contributed by atoms with Gasteiger partial charge in [0.15, 0.2) is 11.5 Å². The molecule has 1 unspecified atom stereocenters. The lowest BCUT2D eigenvalue weighted by Gasteiger charge is -2.35. The van der Waals surface area contributed by atoms with Crippen LogP contribution in [-0.2, 0) is 4.79 Å². The van der Waals surface area contributed by atoms with Gasteiger partial charge in [-0.2, -0.15) is 0 Å². The third-order valence-electron chi connectivity index (χ3n) is 4.36. The van der Waals surface area contributed by atoms with Gasteiger partial charge in [0.25, 0.3) is 0 Å². The average Bonchev–Trinajstić information content (AvgIpc) is 2.90. The van der Waals surface area contributed by atoms with Crippen LogP contribution in [0.25, 0.3) is 0 Å². The minimum absolute atomic E-state index is 0.134. The predicted molar refractivity (Wildman–Crippen MR) is 122 cm³/mol. The Kier molecular flexibility index (Phi) is 3.41. The van der Waals surface area contributed by atoms with Gasteiger partial charge in [0, 0.05) is 46.6 Å². The van der Waals surface area contributed by atoms with E-state index >= 15 is 0 Å². The molecule has 168 valence electrons. The van der Waals surface area contributed by atoms with Crippen LogP contribution in [0.5, 0.6) is 11.5 Å². The molecule has 0 spiro atoms. The monoisotopic (exact) mass is 444 g/mol. The second-order valence-electron chi connectivity index (χ2n) is 6.53. The maximum absolute atomic E-state index is 13.3. The Bertz CT molecular complexity index is 1460. The van der Waals surface area contributed by atoms with Gasteiger partial charge in [-0.3, -0.25) is 14.6 Å². The van der Waals surface area contributed by atoms with Crippen LogP contribution in [0.1, 0.15) is 34.4 Å². The van der Waals surface area contributed by atoms with Gasteiger partial charge >= 0.3 is 0 Å². The molecule has 1 aliphatic heterocycles. The SMILES string of the molecule is [2H]c1c([2H])c(C([2H])([2H])[2H])c(NC(=O)C([2H])([2H])N2CCN(CC([2H])(O)C([2H])([2H])Oc3ccccc3OC([2H])([2H])[2H])CC2)c(C([2H])([2H])[2H])c1[2H]. The summed E-state index contributed by atoms with van der Waals surface area (Å²) in [5.74, 6) is -2.29. The molecular formula is C24H33N3O4. The number of carbonyl (C=O) groups excluding carboxylic acids is 1. The number of β-amino-alcohol motifs (C(OH)–C–C–N with tert-alkyl or cyclic N) is 1. The second-order valence-corrected chi connectivity index (χ2v) is 6.53. The Morgan fingerprint density at radius 3 is 2.58 bits per heavy atom. The van der Waals surface area contributed by atoms with E-state index < -0.39 is 93.0 Å². The van der Waals surface area contributed by atoms with E-state index in [1.165, 1.54) is 29.2 Å². The highest BCUT2D eigenvalue weighted by molar-refractivity contribution is 5.93. The largest absolute Gasteiger partial charge is 0.493 e. The second kappa shape index (κ2) is 11.1. The summed E-state index contributed by atoms with van der Waals surface area (Å²) in [6.07, 6.45) is -2.97. The zero-order valence-electron chi connectivity index (χ0n) is 33.4. The first-order valence-corrected chi connectivity index (χ1v) is 9.23. The number of ether oxygens (including phenoxy) is 2. The zero-order valence-corrected chi connectivity index (χ0v) is 16.4. The molecule has 31 heavy (non-hydrogen) atoms. The van der Waals surface area contributed by atoms with E-state index in [2.05, 4.69) is 0 Å². The quantitative estimate of drug-likeness (QED) is 0.618. The number of para-hydroxylation sites is 3. The van der Waals surface area contributed by atoms with Crippen LogP contribution in [0.3, 0.4) is 0 Å². The summed E-state index contributed by atoms with van der Waals surface area (Å²) in [5, 5.41) is 12.7. The molecule has 0 aliphatic carbocycles. The average molecular weight is 445 g/mol. The number of nitrogens with one attached hydrogen (secondary N) is 1. The first-order valence-electron chi connectivity index (χ1n) is 17.7. The number of nitrogens with zero attached hydrogens (tertiary/aromatic N) is 2. The van der Waals surface area contributed by atoms with Crippen molar-refractivity contribution in [2.24, 2.45) is 0 Å². The summed E-state index contributed by atoms with van der Waals surface area (Å²) >= 11 is 0. The molecule has 0 saturated carbocycles. The minimum Gasteiger partial charge on any atom is -0.493 e. The number of piperazine rings is 1. The molecule has 0 aromatic heterocycles. The summed E-state index contributed by atoms with van der Waals surface area (Å²) in [5.41, 5.74) is -3.06. The van der Waals surface area contributed by atoms with E-state index in [1.54, 1.807) is 0 Å². The summed E-state index contributed by atoms with van der Waals surface area (Å²) in [6.45, 7) is -14.0. The molecule has 7 nitrogen and oxygen atoms in total. The summed E-state index contributed by atoms with van der Waals surface area (Å²) in [7, 11) is -2.90. The van der Waals surface area contributed by atoms with Gasteiger partial charge in [-0.25, -0.2) is 0 Å². The molecule has 1 atom stereocenters. The van der Waals surface area contributed by atoms with Crippen LogP contribution in [0.4, 0.5) is 5.69 Å². The number of carbonyl (C=O) groups is 1. The number of amides is 1. The Labute approximate surface area is 208 Å². The molecule has 1 heterocycles.